The Kier molecular flexibility index (Phi) is 8.05. The fourth-order valence-electron chi connectivity index (χ4n) is 4.33. The number of hydrogen-bond acceptors (Lipinski definition) is 4. The quantitative estimate of drug-likeness (QED) is 0.636. The summed E-state index contributed by atoms with van der Waals surface area (Å²) in [4.78, 5) is 28.5. The number of carbonyl (C=O) groups is 2. The highest BCUT2D eigenvalue weighted by Crippen LogP contribution is 2.27. The van der Waals surface area contributed by atoms with Crippen LogP contribution in [0.3, 0.4) is 0 Å². The first-order valence-electron chi connectivity index (χ1n) is 11.0. The maximum atomic E-state index is 13.1. The number of likely N-dealkylation sites (N-methyl/N-ethyl adjacent to an activating group) is 1. The molecule has 0 spiro atoms. The number of rotatable bonds is 7. The van der Waals surface area contributed by atoms with E-state index in [0.717, 1.165) is 22.9 Å². The normalized spacial score (nSPS) is 18.4. The highest BCUT2D eigenvalue weighted by Gasteiger charge is 2.28. The van der Waals surface area contributed by atoms with Crippen molar-refractivity contribution in [2.75, 3.05) is 39.8 Å². The van der Waals surface area contributed by atoms with Crippen LogP contribution >= 0.6 is 0 Å². The number of nitrogens with zero attached hydrogens (tertiary/aromatic N) is 3. The summed E-state index contributed by atoms with van der Waals surface area (Å²) in [5.74, 6) is -0.0147. The van der Waals surface area contributed by atoms with Gasteiger partial charge < -0.3 is 9.80 Å². The van der Waals surface area contributed by atoms with E-state index in [0.29, 0.717) is 38.5 Å². The molecule has 0 aromatic heterocycles. The van der Waals surface area contributed by atoms with Crippen LogP contribution in [0.1, 0.15) is 44.9 Å². The summed E-state index contributed by atoms with van der Waals surface area (Å²) < 4.78 is 39.2. The largest absolute Gasteiger partial charge is 0.339 e. The first-order chi connectivity index (χ1) is 14.8. The molecule has 2 aliphatic rings. The van der Waals surface area contributed by atoms with Crippen LogP contribution in [0.2, 0.25) is 0 Å². The minimum absolute atomic E-state index is 0.0578. The maximum Gasteiger partial charge on any atom is 0.243 e. The minimum Gasteiger partial charge on any atom is -0.339 e. The van der Waals surface area contributed by atoms with Crippen molar-refractivity contribution in [2.24, 2.45) is 5.92 Å². The van der Waals surface area contributed by atoms with Crippen LogP contribution in [0.4, 0.5) is 4.39 Å². The van der Waals surface area contributed by atoms with E-state index in [9.17, 15) is 22.4 Å². The molecule has 2 amide bonds. The van der Waals surface area contributed by atoms with Crippen LogP contribution in [0, 0.1) is 11.7 Å². The molecule has 31 heavy (non-hydrogen) atoms. The monoisotopic (exact) mass is 453 g/mol. The summed E-state index contributed by atoms with van der Waals surface area (Å²) in [6.45, 7) is 1.46. The number of halogens is 1. The van der Waals surface area contributed by atoms with Gasteiger partial charge in [0.25, 0.3) is 0 Å². The van der Waals surface area contributed by atoms with Gasteiger partial charge >= 0.3 is 0 Å². The second-order valence-corrected chi connectivity index (χ2v) is 10.6. The molecule has 2 fully saturated rings. The first kappa shape index (κ1) is 23.7. The predicted molar refractivity (Wildman–Crippen MR) is 115 cm³/mol. The highest BCUT2D eigenvalue weighted by molar-refractivity contribution is 7.89. The van der Waals surface area contributed by atoms with Gasteiger partial charge in [-0.1, -0.05) is 32.1 Å². The Hall–Kier alpha value is -2.00. The van der Waals surface area contributed by atoms with Gasteiger partial charge in [0.15, 0.2) is 0 Å². The summed E-state index contributed by atoms with van der Waals surface area (Å²) >= 11 is 0. The van der Waals surface area contributed by atoms with Crippen molar-refractivity contribution in [1.82, 2.24) is 14.1 Å². The first-order valence-corrected chi connectivity index (χ1v) is 12.5. The Morgan fingerprint density at radius 2 is 1.52 bits per heavy atom. The molecule has 1 heterocycles. The van der Waals surface area contributed by atoms with E-state index >= 15 is 0 Å². The Labute approximate surface area is 184 Å². The summed E-state index contributed by atoms with van der Waals surface area (Å²) in [5.41, 5.74) is 0. The molecule has 1 aromatic carbocycles. The zero-order valence-corrected chi connectivity index (χ0v) is 18.9. The Balaban J connectivity index is 1.45. The van der Waals surface area contributed by atoms with Crippen LogP contribution in [0.25, 0.3) is 0 Å². The van der Waals surface area contributed by atoms with E-state index in [1.165, 1.54) is 51.3 Å². The average Bonchev–Trinajstić information content (AvgIpc) is 2.78. The number of piperazine rings is 1. The molecule has 0 atom stereocenters. The second-order valence-electron chi connectivity index (χ2n) is 8.52. The van der Waals surface area contributed by atoms with Crippen LogP contribution in [-0.2, 0) is 19.6 Å². The van der Waals surface area contributed by atoms with Crippen molar-refractivity contribution in [2.45, 2.75) is 49.8 Å². The average molecular weight is 454 g/mol. The van der Waals surface area contributed by atoms with Crippen molar-refractivity contribution < 1.29 is 22.4 Å². The van der Waals surface area contributed by atoms with E-state index in [-0.39, 0.29) is 23.3 Å². The standard InChI is InChI=1S/C22H32FN3O4S/c1-24(31(29,30)20-10-8-19(23)9-11-20)17-22(28)26-15-13-25(14-16-26)21(27)12-7-18-5-3-2-4-6-18/h8-11,18H,2-7,12-17H2,1H3. The summed E-state index contributed by atoms with van der Waals surface area (Å²) in [6, 6.07) is 4.52. The third-order valence-electron chi connectivity index (χ3n) is 6.36. The van der Waals surface area contributed by atoms with E-state index < -0.39 is 15.8 Å². The van der Waals surface area contributed by atoms with Crippen molar-refractivity contribution in [3.05, 3.63) is 30.1 Å². The number of benzene rings is 1. The third-order valence-corrected chi connectivity index (χ3v) is 8.17. The molecule has 0 bridgehead atoms. The number of sulfonamides is 1. The summed E-state index contributed by atoms with van der Waals surface area (Å²) in [5, 5.41) is 0. The highest BCUT2D eigenvalue weighted by atomic mass is 32.2. The van der Waals surface area contributed by atoms with Crippen LogP contribution < -0.4 is 0 Å². The lowest BCUT2D eigenvalue weighted by molar-refractivity contribution is -0.139. The molecule has 0 radical (unpaired) electrons. The van der Waals surface area contributed by atoms with Gasteiger partial charge in [0, 0.05) is 39.6 Å². The lowest BCUT2D eigenvalue weighted by atomic mass is 9.86. The minimum atomic E-state index is -3.88. The van der Waals surface area contributed by atoms with E-state index in [1.54, 1.807) is 4.90 Å². The third kappa shape index (κ3) is 6.26. The van der Waals surface area contributed by atoms with Crippen molar-refractivity contribution >= 4 is 21.8 Å². The molecule has 1 saturated heterocycles. The van der Waals surface area contributed by atoms with E-state index in [2.05, 4.69) is 0 Å². The SMILES string of the molecule is CN(CC(=O)N1CCN(C(=O)CCC2CCCCC2)CC1)S(=O)(=O)c1ccc(F)cc1. The zero-order valence-electron chi connectivity index (χ0n) is 18.1. The summed E-state index contributed by atoms with van der Waals surface area (Å²) in [6.07, 6.45) is 7.81. The molecule has 1 aliphatic carbocycles. The molecule has 0 N–H and O–H groups in total. The molecular weight excluding hydrogens is 421 g/mol. The van der Waals surface area contributed by atoms with Crippen molar-refractivity contribution in [1.29, 1.82) is 0 Å². The molecule has 0 unspecified atom stereocenters. The Morgan fingerprint density at radius 3 is 2.10 bits per heavy atom. The summed E-state index contributed by atoms with van der Waals surface area (Å²) in [7, 11) is -2.54. The number of amides is 2. The van der Waals surface area contributed by atoms with Gasteiger partial charge in [-0.25, -0.2) is 12.8 Å². The zero-order chi connectivity index (χ0) is 22.4. The molecule has 1 aliphatic heterocycles. The molecular formula is C22H32FN3O4S. The van der Waals surface area contributed by atoms with E-state index in [1.807, 2.05) is 4.90 Å². The molecule has 1 saturated carbocycles. The Morgan fingerprint density at radius 1 is 0.968 bits per heavy atom. The fourth-order valence-corrected chi connectivity index (χ4v) is 5.45. The number of hydrogen-bond donors (Lipinski definition) is 0. The lowest BCUT2D eigenvalue weighted by Crippen LogP contribution is -2.52. The lowest BCUT2D eigenvalue weighted by Gasteiger charge is -2.35. The van der Waals surface area contributed by atoms with E-state index in [4.69, 9.17) is 0 Å². The number of carbonyl (C=O) groups excluding carboxylic acids is 2. The Bertz CT molecular complexity index is 861. The van der Waals surface area contributed by atoms with Gasteiger partial charge in [0.05, 0.1) is 11.4 Å². The van der Waals surface area contributed by atoms with Gasteiger partial charge in [-0.2, -0.15) is 4.31 Å². The second kappa shape index (κ2) is 10.5. The molecule has 7 nitrogen and oxygen atoms in total. The molecule has 9 heteroatoms. The predicted octanol–water partition coefficient (Wildman–Crippen LogP) is 2.48. The molecule has 172 valence electrons. The topological polar surface area (TPSA) is 78.0 Å². The van der Waals surface area contributed by atoms with Gasteiger partial charge in [-0.05, 0) is 36.6 Å². The van der Waals surface area contributed by atoms with Gasteiger partial charge in [0.1, 0.15) is 5.82 Å². The van der Waals surface area contributed by atoms with Crippen LogP contribution in [0.5, 0.6) is 0 Å². The smallest absolute Gasteiger partial charge is 0.243 e. The molecule has 1 aromatic rings. The van der Waals surface area contributed by atoms with Crippen LogP contribution in [0.15, 0.2) is 29.2 Å². The van der Waals surface area contributed by atoms with Gasteiger partial charge in [0.2, 0.25) is 21.8 Å². The van der Waals surface area contributed by atoms with Crippen molar-refractivity contribution in [3.63, 3.8) is 0 Å². The van der Waals surface area contributed by atoms with Crippen molar-refractivity contribution in [3.8, 4) is 0 Å². The maximum absolute atomic E-state index is 13.1. The van der Waals surface area contributed by atoms with Crippen LogP contribution in [-0.4, -0.2) is 74.1 Å². The van der Waals surface area contributed by atoms with Gasteiger partial charge in [-0.15, -0.1) is 0 Å². The molecule has 3 rings (SSSR count). The van der Waals surface area contributed by atoms with Gasteiger partial charge in [-0.3, -0.25) is 9.59 Å². The fraction of sp³-hybridized carbons (Fsp3) is 0.636.